The van der Waals surface area contributed by atoms with Gasteiger partial charge in [-0.15, -0.1) is 0 Å². The van der Waals surface area contributed by atoms with Crippen molar-refractivity contribution >= 4 is 17.8 Å². The maximum absolute atomic E-state index is 12.1. The first-order valence-electron chi connectivity index (χ1n) is 9.20. The summed E-state index contributed by atoms with van der Waals surface area (Å²) in [4.78, 5) is 35.8. The predicted octanol–water partition coefficient (Wildman–Crippen LogP) is 1.71. The predicted molar refractivity (Wildman–Crippen MR) is 103 cm³/mol. The fourth-order valence-corrected chi connectivity index (χ4v) is 2.75. The van der Waals surface area contributed by atoms with Gasteiger partial charge in [-0.25, -0.2) is 0 Å². The first kappa shape index (κ1) is 20.2. The normalized spacial score (nSPS) is 15.7. The van der Waals surface area contributed by atoms with Gasteiger partial charge in [-0.1, -0.05) is 49.4 Å². The van der Waals surface area contributed by atoms with Gasteiger partial charge in [0.2, 0.25) is 6.10 Å². The van der Waals surface area contributed by atoms with Crippen LogP contribution in [-0.4, -0.2) is 37.1 Å². The largest absolute Gasteiger partial charge is 0.485 e. The van der Waals surface area contributed by atoms with Crippen LogP contribution in [0.25, 0.3) is 0 Å². The number of para-hydroxylation sites is 2. The number of benzene rings is 2. The molecule has 29 heavy (non-hydrogen) atoms. The zero-order chi connectivity index (χ0) is 20.6. The minimum Gasteiger partial charge on any atom is -0.485 e. The molecule has 2 N–H and O–H groups in total. The molecule has 152 valence electrons. The van der Waals surface area contributed by atoms with E-state index >= 15 is 0 Å². The average molecular weight is 398 g/mol. The highest BCUT2D eigenvalue weighted by atomic mass is 16.6. The highest BCUT2D eigenvalue weighted by Gasteiger charge is 2.27. The van der Waals surface area contributed by atoms with Crippen LogP contribution in [0, 0.1) is 0 Å². The lowest BCUT2D eigenvalue weighted by Gasteiger charge is -2.25. The van der Waals surface area contributed by atoms with Crippen LogP contribution in [0.5, 0.6) is 11.5 Å². The molecule has 2 aromatic carbocycles. The van der Waals surface area contributed by atoms with Crippen molar-refractivity contribution in [2.24, 2.45) is 0 Å². The highest BCUT2D eigenvalue weighted by molar-refractivity contribution is 5.86. The van der Waals surface area contributed by atoms with Crippen molar-refractivity contribution in [3.63, 3.8) is 0 Å². The van der Waals surface area contributed by atoms with E-state index in [2.05, 4.69) is 10.9 Å². The molecule has 0 aromatic heterocycles. The Morgan fingerprint density at radius 2 is 1.72 bits per heavy atom. The molecule has 0 radical (unpaired) electrons. The van der Waals surface area contributed by atoms with Crippen molar-refractivity contribution < 1.29 is 28.6 Å². The van der Waals surface area contributed by atoms with Crippen molar-refractivity contribution in [3.05, 3.63) is 60.2 Å². The number of amides is 2. The van der Waals surface area contributed by atoms with Crippen LogP contribution in [0.1, 0.15) is 24.8 Å². The Morgan fingerprint density at radius 1 is 1.03 bits per heavy atom. The van der Waals surface area contributed by atoms with Gasteiger partial charge in [0, 0.05) is 0 Å². The summed E-state index contributed by atoms with van der Waals surface area (Å²) in [5.74, 6) is -0.752. The molecule has 0 fully saturated rings. The van der Waals surface area contributed by atoms with Gasteiger partial charge in [-0.3, -0.25) is 25.2 Å². The van der Waals surface area contributed by atoms with Gasteiger partial charge in [0.25, 0.3) is 11.8 Å². The number of nitrogens with one attached hydrogen (secondary N) is 2. The van der Waals surface area contributed by atoms with Crippen LogP contribution >= 0.6 is 0 Å². The molecule has 8 nitrogen and oxygen atoms in total. The molecular weight excluding hydrogens is 376 g/mol. The molecule has 8 heteroatoms. The third kappa shape index (κ3) is 5.71. The summed E-state index contributed by atoms with van der Waals surface area (Å²) < 4.78 is 15.9. The molecule has 1 aliphatic rings. The van der Waals surface area contributed by atoms with Gasteiger partial charge < -0.3 is 14.2 Å². The van der Waals surface area contributed by atoms with E-state index in [0.29, 0.717) is 11.5 Å². The average Bonchev–Trinajstić information content (AvgIpc) is 2.76. The van der Waals surface area contributed by atoms with Crippen molar-refractivity contribution in [2.75, 3.05) is 13.2 Å². The number of hydrogen-bond acceptors (Lipinski definition) is 6. The zero-order valence-corrected chi connectivity index (χ0v) is 15.9. The van der Waals surface area contributed by atoms with Gasteiger partial charge in [0.1, 0.15) is 6.61 Å². The van der Waals surface area contributed by atoms with Gasteiger partial charge in [0.15, 0.2) is 18.1 Å². The van der Waals surface area contributed by atoms with E-state index in [1.807, 2.05) is 37.3 Å². The molecule has 3 rings (SSSR count). The minimum absolute atomic E-state index is 0.0189. The maximum atomic E-state index is 12.1. The summed E-state index contributed by atoms with van der Waals surface area (Å²) in [6, 6.07) is 16.5. The van der Waals surface area contributed by atoms with Gasteiger partial charge in [-0.05, 0) is 23.6 Å². The third-order valence-electron chi connectivity index (χ3n) is 4.33. The molecule has 1 heterocycles. The number of carbonyl (C=O) groups excluding carboxylic acids is 3. The van der Waals surface area contributed by atoms with Crippen LogP contribution in [0.3, 0.4) is 0 Å². The zero-order valence-electron chi connectivity index (χ0n) is 15.9. The summed E-state index contributed by atoms with van der Waals surface area (Å²) >= 11 is 0. The highest BCUT2D eigenvalue weighted by Crippen LogP contribution is 2.30. The first-order valence-corrected chi connectivity index (χ1v) is 9.20. The second-order valence-corrected chi connectivity index (χ2v) is 6.58. The fourth-order valence-electron chi connectivity index (χ4n) is 2.75. The van der Waals surface area contributed by atoms with Gasteiger partial charge >= 0.3 is 5.97 Å². The Labute approximate surface area is 168 Å². The van der Waals surface area contributed by atoms with Gasteiger partial charge in [-0.2, -0.15) is 0 Å². The lowest BCUT2D eigenvalue weighted by molar-refractivity contribution is -0.149. The van der Waals surface area contributed by atoms with E-state index < -0.39 is 30.5 Å². The van der Waals surface area contributed by atoms with Gasteiger partial charge in [0.05, 0.1) is 6.42 Å². The van der Waals surface area contributed by atoms with E-state index in [9.17, 15) is 14.4 Å². The van der Waals surface area contributed by atoms with E-state index in [0.717, 1.165) is 5.56 Å². The van der Waals surface area contributed by atoms with Crippen molar-refractivity contribution in [2.45, 2.75) is 25.4 Å². The molecule has 2 amide bonds. The number of esters is 1. The summed E-state index contributed by atoms with van der Waals surface area (Å²) in [6.07, 6.45) is -0.754. The standard InChI is InChI=1S/C21H22N2O6/c1-14(15-7-3-2-4-8-15)11-20(25)28-13-19(24)22-23-21(26)18-12-27-16-9-5-6-10-17(16)29-18/h2-10,14,18H,11-13H2,1H3,(H,22,24)(H,23,26)/t14-,18+/m1/s1. The second-order valence-electron chi connectivity index (χ2n) is 6.58. The third-order valence-corrected chi connectivity index (χ3v) is 4.33. The topological polar surface area (TPSA) is 103 Å². The van der Waals surface area contributed by atoms with Crippen LogP contribution in [0.4, 0.5) is 0 Å². The molecule has 1 aliphatic heterocycles. The van der Waals surface area contributed by atoms with E-state index in [-0.39, 0.29) is 18.9 Å². The molecule has 0 saturated heterocycles. The van der Waals surface area contributed by atoms with Crippen LogP contribution in [0.15, 0.2) is 54.6 Å². The number of rotatable bonds is 6. The molecule has 0 saturated carbocycles. The number of hydrazine groups is 1. The van der Waals surface area contributed by atoms with E-state index in [1.165, 1.54) is 0 Å². The number of carbonyl (C=O) groups is 3. The summed E-state index contributed by atoms with van der Waals surface area (Å²) in [5, 5.41) is 0. The molecule has 0 bridgehead atoms. The second kappa shape index (κ2) is 9.59. The van der Waals surface area contributed by atoms with Crippen molar-refractivity contribution in [1.29, 1.82) is 0 Å². The molecule has 0 spiro atoms. The molecule has 0 aliphatic carbocycles. The first-order chi connectivity index (χ1) is 14.0. The Balaban J connectivity index is 1.36. The Hall–Kier alpha value is -3.55. The summed E-state index contributed by atoms with van der Waals surface area (Å²) in [5.41, 5.74) is 5.44. The molecule has 2 aromatic rings. The van der Waals surface area contributed by atoms with Crippen molar-refractivity contribution in [1.82, 2.24) is 10.9 Å². The maximum Gasteiger partial charge on any atom is 0.306 e. The lowest BCUT2D eigenvalue weighted by Crippen LogP contribution is -2.51. The Kier molecular flexibility index (Phi) is 6.67. The number of hydrogen-bond donors (Lipinski definition) is 2. The fraction of sp³-hybridized carbons (Fsp3) is 0.286. The number of ether oxygens (including phenoxy) is 3. The van der Waals surface area contributed by atoms with Crippen LogP contribution < -0.4 is 20.3 Å². The molecule has 2 atom stereocenters. The Bertz CT molecular complexity index is 870. The smallest absolute Gasteiger partial charge is 0.306 e. The quantitative estimate of drug-likeness (QED) is 0.567. The minimum atomic E-state index is -0.903. The van der Waals surface area contributed by atoms with Crippen LogP contribution in [0.2, 0.25) is 0 Å². The number of fused-ring (bicyclic) bond motifs is 1. The van der Waals surface area contributed by atoms with E-state index in [4.69, 9.17) is 14.2 Å². The Morgan fingerprint density at radius 3 is 2.48 bits per heavy atom. The molecule has 0 unspecified atom stereocenters. The molecular formula is C21H22N2O6. The summed E-state index contributed by atoms with van der Waals surface area (Å²) in [6.45, 7) is 1.43. The van der Waals surface area contributed by atoms with Crippen molar-refractivity contribution in [3.8, 4) is 11.5 Å². The SMILES string of the molecule is C[C@H](CC(=O)OCC(=O)NNC(=O)[C@@H]1COc2ccccc2O1)c1ccccc1. The lowest BCUT2D eigenvalue weighted by atomic mass is 9.98. The summed E-state index contributed by atoms with van der Waals surface area (Å²) in [7, 11) is 0. The van der Waals surface area contributed by atoms with E-state index in [1.54, 1.807) is 24.3 Å². The van der Waals surface area contributed by atoms with Crippen LogP contribution in [-0.2, 0) is 19.1 Å². The monoisotopic (exact) mass is 398 g/mol.